The SMILES string of the molecule is NCCOc1cncc(-c2ccnc(CNCCC3CN(c4ccc5c(n4)NC(=O)CO5)C(=O)O3)c2)n1. The number of cyclic esters (lactones) is 1. The number of aromatic nitrogens is 4. The number of nitrogens with one attached hydrogen (secondary N) is 2. The minimum atomic E-state index is -0.478. The minimum absolute atomic E-state index is 0.0554. The van der Waals surface area contributed by atoms with Crippen molar-refractivity contribution in [3.05, 3.63) is 48.5 Å². The zero-order valence-electron chi connectivity index (χ0n) is 19.9. The second-order valence-electron chi connectivity index (χ2n) is 8.35. The number of carbonyl (C=O) groups is 2. The Kier molecular flexibility index (Phi) is 7.33. The van der Waals surface area contributed by atoms with Crippen molar-refractivity contribution < 1.29 is 23.8 Å². The van der Waals surface area contributed by atoms with Gasteiger partial charge in [-0.15, -0.1) is 0 Å². The number of pyridine rings is 2. The molecule has 0 aliphatic carbocycles. The van der Waals surface area contributed by atoms with Gasteiger partial charge in [-0.1, -0.05) is 0 Å². The summed E-state index contributed by atoms with van der Waals surface area (Å²) in [5, 5.41) is 5.98. The molecule has 1 unspecified atom stereocenters. The smallest absolute Gasteiger partial charge is 0.415 e. The van der Waals surface area contributed by atoms with Crippen molar-refractivity contribution in [2.45, 2.75) is 19.1 Å². The highest BCUT2D eigenvalue weighted by molar-refractivity contribution is 5.95. The van der Waals surface area contributed by atoms with Crippen LogP contribution >= 0.6 is 0 Å². The Morgan fingerprint density at radius 2 is 2.14 bits per heavy atom. The van der Waals surface area contributed by atoms with Gasteiger partial charge in [0.1, 0.15) is 18.5 Å². The lowest BCUT2D eigenvalue weighted by Gasteiger charge is -2.19. The number of fused-ring (bicyclic) bond motifs is 1. The number of nitrogens with zero attached hydrogens (tertiary/aromatic N) is 5. The molecule has 5 heterocycles. The lowest BCUT2D eigenvalue weighted by molar-refractivity contribution is -0.118. The molecule has 1 atom stereocenters. The van der Waals surface area contributed by atoms with E-state index in [4.69, 9.17) is 19.9 Å². The topological polar surface area (TPSA) is 167 Å². The van der Waals surface area contributed by atoms with Crippen LogP contribution in [-0.2, 0) is 16.1 Å². The molecule has 13 nitrogen and oxygen atoms in total. The van der Waals surface area contributed by atoms with Crippen molar-refractivity contribution in [2.24, 2.45) is 5.73 Å². The van der Waals surface area contributed by atoms with Crippen LogP contribution in [-0.4, -0.2) is 70.9 Å². The molecule has 2 amide bonds. The van der Waals surface area contributed by atoms with Gasteiger partial charge in [-0.05, 0) is 37.2 Å². The summed E-state index contributed by atoms with van der Waals surface area (Å²) >= 11 is 0. The highest BCUT2D eigenvalue weighted by atomic mass is 16.6. The number of anilines is 2. The molecule has 3 aromatic heterocycles. The van der Waals surface area contributed by atoms with Gasteiger partial charge < -0.3 is 30.6 Å². The second kappa shape index (κ2) is 11.1. The monoisotopic (exact) mass is 506 g/mol. The van der Waals surface area contributed by atoms with Crippen LogP contribution in [0.15, 0.2) is 42.9 Å². The molecule has 3 aromatic rings. The van der Waals surface area contributed by atoms with E-state index in [1.165, 1.54) is 4.90 Å². The van der Waals surface area contributed by atoms with E-state index in [1.54, 1.807) is 30.7 Å². The van der Waals surface area contributed by atoms with Gasteiger partial charge >= 0.3 is 6.09 Å². The number of nitrogens with two attached hydrogens (primary N) is 1. The van der Waals surface area contributed by atoms with Crippen LogP contribution in [0.5, 0.6) is 11.6 Å². The molecule has 37 heavy (non-hydrogen) atoms. The first-order chi connectivity index (χ1) is 18.1. The van der Waals surface area contributed by atoms with E-state index in [1.807, 2.05) is 12.1 Å². The van der Waals surface area contributed by atoms with Gasteiger partial charge in [0.05, 0.1) is 30.3 Å². The Labute approximate surface area is 212 Å². The molecule has 192 valence electrons. The van der Waals surface area contributed by atoms with Crippen LogP contribution in [0.4, 0.5) is 16.4 Å². The number of hydrogen-bond donors (Lipinski definition) is 3. The fourth-order valence-corrected chi connectivity index (χ4v) is 3.90. The van der Waals surface area contributed by atoms with E-state index >= 15 is 0 Å². The average Bonchev–Trinajstić information content (AvgIpc) is 3.30. The molecule has 0 aromatic carbocycles. The fraction of sp³-hybridized carbons (Fsp3) is 0.333. The number of rotatable bonds is 10. The van der Waals surface area contributed by atoms with Gasteiger partial charge in [-0.25, -0.2) is 14.8 Å². The maximum absolute atomic E-state index is 12.4. The fourth-order valence-electron chi connectivity index (χ4n) is 3.90. The summed E-state index contributed by atoms with van der Waals surface area (Å²) in [5.41, 5.74) is 7.86. The molecule has 2 aliphatic heterocycles. The van der Waals surface area contributed by atoms with Crippen LogP contribution < -0.4 is 30.7 Å². The van der Waals surface area contributed by atoms with Gasteiger partial charge in [-0.3, -0.25) is 19.7 Å². The quantitative estimate of drug-likeness (QED) is 0.337. The zero-order chi connectivity index (χ0) is 25.6. The van der Waals surface area contributed by atoms with Gasteiger partial charge in [0.25, 0.3) is 5.91 Å². The number of amides is 2. The Morgan fingerprint density at radius 1 is 1.22 bits per heavy atom. The van der Waals surface area contributed by atoms with Gasteiger partial charge in [0.15, 0.2) is 18.2 Å². The Balaban J connectivity index is 1.12. The molecule has 13 heteroatoms. The lowest BCUT2D eigenvalue weighted by atomic mass is 10.1. The molecule has 2 aliphatic rings. The van der Waals surface area contributed by atoms with Crippen LogP contribution in [0.25, 0.3) is 11.3 Å². The first-order valence-electron chi connectivity index (χ1n) is 11.8. The lowest BCUT2D eigenvalue weighted by Crippen LogP contribution is -2.29. The molecule has 1 fully saturated rings. The Hall–Kier alpha value is -4.36. The van der Waals surface area contributed by atoms with Gasteiger partial charge in [-0.2, -0.15) is 0 Å². The highest BCUT2D eigenvalue weighted by Crippen LogP contribution is 2.30. The molecular formula is C24H26N8O5. The number of hydrogen-bond acceptors (Lipinski definition) is 11. The Bertz CT molecular complexity index is 1290. The molecule has 4 N–H and O–H groups in total. The van der Waals surface area contributed by atoms with Gasteiger partial charge in [0, 0.05) is 24.8 Å². The molecular weight excluding hydrogens is 480 g/mol. The van der Waals surface area contributed by atoms with Crippen molar-refractivity contribution >= 4 is 23.6 Å². The predicted molar refractivity (Wildman–Crippen MR) is 132 cm³/mol. The van der Waals surface area contributed by atoms with Crippen LogP contribution in [0.2, 0.25) is 0 Å². The van der Waals surface area contributed by atoms with E-state index in [0.29, 0.717) is 68.2 Å². The highest BCUT2D eigenvalue weighted by Gasteiger charge is 2.33. The third-order valence-electron chi connectivity index (χ3n) is 5.65. The Morgan fingerprint density at radius 3 is 3.03 bits per heavy atom. The first kappa shape index (κ1) is 24.3. The number of carbonyl (C=O) groups excluding carboxylic acids is 2. The van der Waals surface area contributed by atoms with Gasteiger partial charge in [0.2, 0.25) is 5.88 Å². The molecule has 0 bridgehead atoms. The van der Waals surface area contributed by atoms with Crippen molar-refractivity contribution in [1.29, 1.82) is 0 Å². The van der Waals surface area contributed by atoms with E-state index in [2.05, 4.69) is 30.6 Å². The molecule has 1 saturated heterocycles. The van der Waals surface area contributed by atoms with E-state index < -0.39 is 6.09 Å². The van der Waals surface area contributed by atoms with Crippen molar-refractivity contribution in [3.8, 4) is 22.9 Å². The van der Waals surface area contributed by atoms with E-state index in [-0.39, 0.29) is 18.6 Å². The van der Waals surface area contributed by atoms with Crippen molar-refractivity contribution in [1.82, 2.24) is 25.3 Å². The summed E-state index contributed by atoms with van der Waals surface area (Å²) in [4.78, 5) is 42.8. The van der Waals surface area contributed by atoms with E-state index in [0.717, 1.165) is 11.3 Å². The summed E-state index contributed by atoms with van der Waals surface area (Å²) in [6, 6.07) is 7.14. The van der Waals surface area contributed by atoms with Crippen LogP contribution in [0.3, 0.4) is 0 Å². The standard InChI is InChI=1S/C24H26N8O5/c25-5-8-35-22-12-27-11-18(29-22)15-3-7-28-16(9-15)10-26-6-4-17-13-32(24(34)37-17)20-2-1-19-23(30-20)31-21(33)14-36-19/h1-3,7,9,11-12,17,26H,4-6,8,10,13-14,25H2,(H,30,31,33). The predicted octanol–water partition coefficient (Wildman–Crippen LogP) is 1.11. The van der Waals surface area contributed by atoms with Crippen LogP contribution in [0.1, 0.15) is 12.1 Å². The maximum Gasteiger partial charge on any atom is 0.415 e. The molecule has 5 rings (SSSR count). The minimum Gasteiger partial charge on any atom is -0.480 e. The van der Waals surface area contributed by atoms with Crippen molar-refractivity contribution in [3.63, 3.8) is 0 Å². The first-order valence-corrected chi connectivity index (χ1v) is 11.8. The van der Waals surface area contributed by atoms with Crippen LogP contribution in [0, 0.1) is 0 Å². The second-order valence-corrected chi connectivity index (χ2v) is 8.35. The maximum atomic E-state index is 12.4. The zero-order valence-corrected chi connectivity index (χ0v) is 19.9. The largest absolute Gasteiger partial charge is 0.480 e. The van der Waals surface area contributed by atoms with Crippen molar-refractivity contribution in [2.75, 3.05) is 43.1 Å². The third kappa shape index (κ3) is 5.90. The number of ether oxygens (including phenoxy) is 3. The molecule has 0 radical (unpaired) electrons. The molecule has 0 spiro atoms. The summed E-state index contributed by atoms with van der Waals surface area (Å²) in [5.74, 6) is 1.29. The third-order valence-corrected chi connectivity index (χ3v) is 5.65. The normalized spacial score (nSPS) is 16.6. The molecule has 0 saturated carbocycles. The summed E-state index contributed by atoms with van der Waals surface area (Å²) in [7, 11) is 0. The average molecular weight is 507 g/mol. The summed E-state index contributed by atoms with van der Waals surface area (Å²) in [6.45, 7) is 2.21. The van der Waals surface area contributed by atoms with E-state index in [9.17, 15) is 9.59 Å². The summed E-state index contributed by atoms with van der Waals surface area (Å²) < 4.78 is 16.3. The summed E-state index contributed by atoms with van der Waals surface area (Å²) in [6.07, 6.45) is 4.77.